The highest BCUT2D eigenvalue weighted by Gasteiger charge is 2.25. The molecule has 0 aliphatic heterocycles. The molecule has 2 aromatic rings. The van der Waals surface area contributed by atoms with Gasteiger partial charge in [-0.05, 0) is 25.1 Å². The summed E-state index contributed by atoms with van der Waals surface area (Å²) in [6.45, 7) is 1.53. The summed E-state index contributed by atoms with van der Waals surface area (Å²) in [5.74, 6) is -0.625. The minimum absolute atomic E-state index is 0.0358. The van der Waals surface area contributed by atoms with Crippen LogP contribution in [0.5, 0.6) is 0 Å². The van der Waals surface area contributed by atoms with Gasteiger partial charge in [0.15, 0.2) is 6.10 Å². The molecule has 1 unspecified atom stereocenters. The quantitative estimate of drug-likeness (QED) is 0.577. The van der Waals surface area contributed by atoms with Gasteiger partial charge in [0.1, 0.15) is 11.4 Å². The lowest BCUT2D eigenvalue weighted by atomic mass is 10.1. The molecule has 2 rings (SSSR count). The van der Waals surface area contributed by atoms with Crippen molar-refractivity contribution in [1.82, 2.24) is 9.55 Å². The first-order valence-electron chi connectivity index (χ1n) is 6.76. The fourth-order valence-corrected chi connectivity index (χ4v) is 2.64. The van der Waals surface area contributed by atoms with Crippen LogP contribution in [0, 0.1) is 0 Å². The number of carbonyl (C=O) groups excluding carboxylic acids is 2. The highest BCUT2D eigenvalue weighted by Crippen LogP contribution is 2.28. The Morgan fingerprint density at radius 1 is 1.50 bits per heavy atom. The highest BCUT2D eigenvalue weighted by molar-refractivity contribution is 9.10. The van der Waals surface area contributed by atoms with Gasteiger partial charge in [0.25, 0.3) is 12.0 Å². The van der Waals surface area contributed by atoms with E-state index >= 15 is 0 Å². The largest absolute Gasteiger partial charge is 0.456 e. The van der Waals surface area contributed by atoms with Crippen molar-refractivity contribution in [3.8, 4) is 0 Å². The van der Waals surface area contributed by atoms with Gasteiger partial charge in [-0.3, -0.25) is 14.4 Å². The SMILES string of the molecule is CC(OC=O)C(=O)c1c(Nc2ccc(Br)cc2Cl)ncn(C)c1=O. The number of benzene rings is 1. The summed E-state index contributed by atoms with van der Waals surface area (Å²) in [6.07, 6.45) is 0.166. The smallest absolute Gasteiger partial charge is 0.293 e. The minimum atomic E-state index is -1.11. The van der Waals surface area contributed by atoms with Crippen LogP contribution in [-0.2, 0) is 16.6 Å². The molecule has 0 radical (unpaired) electrons. The van der Waals surface area contributed by atoms with Gasteiger partial charge >= 0.3 is 0 Å². The van der Waals surface area contributed by atoms with Gasteiger partial charge in [0.2, 0.25) is 5.78 Å². The minimum Gasteiger partial charge on any atom is -0.456 e. The number of hydrogen-bond acceptors (Lipinski definition) is 6. The van der Waals surface area contributed by atoms with Crippen LogP contribution in [0.4, 0.5) is 11.5 Å². The summed E-state index contributed by atoms with van der Waals surface area (Å²) in [7, 11) is 1.47. The van der Waals surface area contributed by atoms with Crippen molar-refractivity contribution in [1.29, 1.82) is 0 Å². The van der Waals surface area contributed by atoms with E-state index < -0.39 is 17.4 Å². The van der Waals surface area contributed by atoms with Gasteiger partial charge in [-0.1, -0.05) is 27.5 Å². The Bertz CT molecular complexity index is 853. The highest BCUT2D eigenvalue weighted by atomic mass is 79.9. The van der Waals surface area contributed by atoms with Crippen molar-refractivity contribution in [3.63, 3.8) is 0 Å². The van der Waals surface area contributed by atoms with Crippen LogP contribution < -0.4 is 10.9 Å². The number of nitrogens with zero attached hydrogens (tertiary/aromatic N) is 2. The molecule has 0 bridgehead atoms. The Balaban J connectivity index is 2.50. The van der Waals surface area contributed by atoms with Crippen molar-refractivity contribution in [2.75, 3.05) is 5.32 Å². The second-order valence-corrected chi connectivity index (χ2v) is 6.20. The molecule has 1 atom stereocenters. The molecule has 0 aliphatic rings. The van der Waals surface area contributed by atoms with Gasteiger partial charge in [-0.25, -0.2) is 4.98 Å². The first-order chi connectivity index (χ1) is 11.3. The topological polar surface area (TPSA) is 90.3 Å². The number of Topliss-reactive ketones (excluding diaryl/α,β-unsaturated/α-hetero) is 1. The zero-order valence-corrected chi connectivity index (χ0v) is 15.1. The molecule has 0 fully saturated rings. The van der Waals surface area contributed by atoms with E-state index in [1.807, 2.05) is 0 Å². The summed E-state index contributed by atoms with van der Waals surface area (Å²) < 4.78 is 6.57. The van der Waals surface area contributed by atoms with Crippen molar-refractivity contribution in [2.45, 2.75) is 13.0 Å². The van der Waals surface area contributed by atoms with E-state index in [0.717, 1.165) is 9.04 Å². The van der Waals surface area contributed by atoms with Crippen molar-refractivity contribution in [2.24, 2.45) is 7.05 Å². The number of nitrogens with one attached hydrogen (secondary N) is 1. The normalized spacial score (nSPS) is 11.7. The Kier molecular flexibility index (Phi) is 5.74. The Morgan fingerprint density at radius 3 is 2.83 bits per heavy atom. The maximum Gasteiger partial charge on any atom is 0.293 e. The van der Waals surface area contributed by atoms with E-state index in [1.165, 1.54) is 20.3 Å². The van der Waals surface area contributed by atoms with Gasteiger partial charge in [-0.15, -0.1) is 0 Å². The molecule has 1 aromatic heterocycles. The first-order valence-corrected chi connectivity index (χ1v) is 7.93. The Labute approximate surface area is 150 Å². The summed E-state index contributed by atoms with van der Waals surface area (Å²) in [5.41, 5.74) is -0.306. The molecule has 9 heteroatoms. The third-order valence-electron chi connectivity index (χ3n) is 3.19. The molecule has 24 heavy (non-hydrogen) atoms. The van der Waals surface area contributed by atoms with Gasteiger partial charge in [-0.2, -0.15) is 0 Å². The lowest BCUT2D eigenvalue weighted by Crippen LogP contribution is -2.32. The fourth-order valence-electron chi connectivity index (χ4n) is 1.92. The molecule has 0 spiro atoms. The van der Waals surface area contributed by atoms with Crippen molar-refractivity contribution < 1.29 is 14.3 Å². The van der Waals surface area contributed by atoms with Crippen LogP contribution in [0.1, 0.15) is 17.3 Å². The number of aryl methyl sites for hydroxylation is 1. The average molecular weight is 415 g/mol. The van der Waals surface area contributed by atoms with E-state index in [9.17, 15) is 14.4 Å². The number of hydrogen-bond donors (Lipinski definition) is 1. The predicted octanol–water partition coefficient (Wildman–Crippen LogP) is 2.68. The Hall–Kier alpha value is -2.19. The molecule has 0 aliphatic carbocycles. The standard InChI is InChI=1S/C15H13BrClN3O4/c1-8(24-7-21)13(22)12-14(18-6-20(2)15(12)23)19-11-4-3-9(16)5-10(11)17/h3-8,19H,1-2H3. The average Bonchev–Trinajstić information content (AvgIpc) is 2.53. The molecule has 1 aromatic carbocycles. The summed E-state index contributed by atoms with van der Waals surface area (Å²) in [5, 5.41) is 3.25. The molecule has 126 valence electrons. The molecule has 0 saturated heterocycles. The fraction of sp³-hybridized carbons (Fsp3) is 0.200. The van der Waals surface area contributed by atoms with Crippen LogP contribution in [0.25, 0.3) is 0 Å². The van der Waals surface area contributed by atoms with E-state index in [0.29, 0.717) is 10.7 Å². The maximum absolute atomic E-state index is 12.4. The van der Waals surface area contributed by atoms with Crippen LogP contribution in [-0.4, -0.2) is 27.9 Å². The maximum atomic E-state index is 12.4. The van der Waals surface area contributed by atoms with Crippen LogP contribution in [0.2, 0.25) is 5.02 Å². The molecular formula is C15H13BrClN3O4. The number of rotatable bonds is 6. The number of ether oxygens (including phenoxy) is 1. The van der Waals surface area contributed by atoms with Gasteiger partial charge in [0.05, 0.1) is 17.0 Å². The Morgan fingerprint density at radius 2 is 2.21 bits per heavy atom. The molecule has 1 heterocycles. The second kappa shape index (κ2) is 7.59. The second-order valence-electron chi connectivity index (χ2n) is 4.87. The van der Waals surface area contributed by atoms with Crippen LogP contribution >= 0.6 is 27.5 Å². The lowest BCUT2D eigenvalue weighted by Gasteiger charge is -2.14. The van der Waals surface area contributed by atoms with Crippen molar-refractivity contribution in [3.05, 3.63) is 49.9 Å². The zero-order valence-electron chi connectivity index (χ0n) is 12.7. The number of halogens is 2. The molecule has 7 nitrogen and oxygen atoms in total. The number of ketones is 1. The van der Waals surface area contributed by atoms with Crippen molar-refractivity contribution >= 4 is 51.3 Å². The van der Waals surface area contributed by atoms with Gasteiger partial charge in [0, 0.05) is 11.5 Å². The van der Waals surface area contributed by atoms with Crippen LogP contribution in [0.15, 0.2) is 33.8 Å². The molecule has 0 amide bonds. The monoisotopic (exact) mass is 413 g/mol. The molecule has 1 N–H and O–H groups in total. The van der Waals surface area contributed by atoms with E-state index in [4.69, 9.17) is 11.6 Å². The number of aromatic nitrogens is 2. The zero-order chi connectivity index (χ0) is 17.9. The van der Waals surface area contributed by atoms with E-state index in [2.05, 4.69) is 31.0 Å². The summed E-state index contributed by atoms with van der Waals surface area (Å²) >= 11 is 9.43. The van der Waals surface area contributed by atoms with E-state index in [-0.39, 0.29) is 17.9 Å². The molecule has 0 saturated carbocycles. The van der Waals surface area contributed by atoms with Gasteiger partial charge < -0.3 is 14.6 Å². The third kappa shape index (κ3) is 3.82. The first kappa shape index (κ1) is 18.2. The van der Waals surface area contributed by atoms with Crippen LogP contribution in [0.3, 0.4) is 0 Å². The molecular weight excluding hydrogens is 402 g/mol. The number of anilines is 2. The summed E-state index contributed by atoms with van der Waals surface area (Å²) in [6, 6.07) is 5.07. The predicted molar refractivity (Wildman–Crippen MR) is 92.9 cm³/mol. The number of carbonyl (C=O) groups is 2. The summed E-state index contributed by atoms with van der Waals surface area (Å²) in [4.78, 5) is 39.3. The van der Waals surface area contributed by atoms with E-state index in [1.54, 1.807) is 18.2 Å². The lowest BCUT2D eigenvalue weighted by molar-refractivity contribution is -0.131. The third-order valence-corrected chi connectivity index (χ3v) is 4.00.